The molecule has 0 radical (unpaired) electrons. The SMILES string of the molecule is N[C@@H]1CCCN(C(=O)Nc2ccc(Br)cc2F)C1. The van der Waals surface area contributed by atoms with Gasteiger partial charge in [0.05, 0.1) is 5.69 Å². The Morgan fingerprint density at radius 3 is 3.00 bits per heavy atom. The minimum atomic E-state index is -0.459. The third-order valence-electron chi connectivity index (χ3n) is 2.92. The van der Waals surface area contributed by atoms with Crippen LogP contribution in [-0.4, -0.2) is 30.1 Å². The number of nitrogens with two attached hydrogens (primary N) is 1. The number of nitrogens with zero attached hydrogens (tertiary/aromatic N) is 1. The van der Waals surface area contributed by atoms with E-state index in [2.05, 4.69) is 21.2 Å². The number of benzene rings is 1. The number of nitrogens with one attached hydrogen (secondary N) is 1. The van der Waals surface area contributed by atoms with Crippen LogP contribution in [0.25, 0.3) is 0 Å². The first kappa shape index (κ1) is 13.3. The van der Waals surface area contributed by atoms with Crippen molar-refractivity contribution in [3.8, 4) is 0 Å². The van der Waals surface area contributed by atoms with Crippen LogP contribution in [0.4, 0.5) is 14.9 Å². The van der Waals surface area contributed by atoms with Gasteiger partial charge in [-0.1, -0.05) is 15.9 Å². The monoisotopic (exact) mass is 315 g/mol. The molecule has 0 aliphatic carbocycles. The first-order valence-corrected chi connectivity index (χ1v) is 6.62. The smallest absolute Gasteiger partial charge is 0.321 e. The third-order valence-corrected chi connectivity index (χ3v) is 3.41. The van der Waals surface area contributed by atoms with Crippen molar-refractivity contribution in [3.05, 3.63) is 28.5 Å². The molecule has 1 aromatic carbocycles. The van der Waals surface area contributed by atoms with Gasteiger partial charge in [-0.2, -0.15) is 0 Å². The highest BCUT2D eigenvalue weighted by Gasteiger charge is 2.21. The lowest BCUT2D eigenvalue weighted by Crippen LogP contribution is -2.47. The fraction of sp³-hybridized carbons (Fsp3) is 0.417. The molecule has 0 spiro atoms. The molecule has 3 N–H and O–H groups in total. The predicted molar refractivity (Wildman–Crippen MR) is 71.9 cm³/mol. The van der Waals surface area contributed by atoms with E-state index >= 15 is 0 Å². The van der Waals surface area contributed by atoms with Gasteiger partial charge in [0.1, 0.15) is 5.82 Å². The summed E-state index contributed by atoms with van der Waals surface area (Å²) in [6.07, 6.45) is 1.81. The highest BCUT2D eigenvalue weighted by atomic mass is 79.9. The number of carbonyl (C=O) groups excluding carboxylic acids is 1. The van der Waals surface area contributed by atoms with E-state index in [4.69, 9.17) is 5.73 Å². The van der Waals surface area contributed by atoms with Crippen molar-refractivity contribution in [2.45, 2.75) is 18.9 Å². The first-order valence-electron chi connectivity index (χ1n) is 5.83. The van der Waals surface area contributed by atoms with Crippen molar-refractivity contribution in [2.24, 2.45) is 5.73 Å². The van der Waals surface area contributed by atoms with Gasteiger partial charge < -0.3 is 16.0 Å². The number of amides is 2. The average molecular weight is 316 g/mol. The van der Waals surface area contributed by atoms with E-state index in [1.54, 1.807) is 11.0 Å². The molecule has 2 rings (SSSR count). The molecule has 0 aromatic heterocycles. The molecule has 0 bridgehead atoms. The van der Waals surface area contributed by atoms with Gasteiger partial charge in [-0.3, -0.25) is 0 Å². The molecule has 1 atom stereocenters. The Morgan fingerprint density at radius 2 is 2.33 bits per heavy atom. The normalized spacial score (nSPS) is 19.7. The van der Waals surface area contributed by atoms with Gasteiger partial charge in [-0.15, -0.1) is 0 Å². The van der Waals surface area contributed by atoms with E-state index in [9.17, 15) is 9.18 Å². The Bertz CT molecular complexity index is 455. The minimum absolute atomic E-state index is 0.0132. The molecule has 1 fully saturated rings. The lowest BCUT2D eigenvalue weighted by Gasteiger charge is -2.30. The van der Waals surface area contributed by atoms with Crippen molar-refractivity contribution in [2.75, 3.05) is 18.4 Å². The van der Waals surface area contributed by atoms with Crippen molar-refractivity contribution in [1.29, 1.82) is 0 Å². The Labute approximate surface area is 113 Å². The molecule has 0 saturated carbocycles. The Kier molecular flexibility index (Phi) is 4.19. The molecule has 1 heterocycles. The summed E-state index contributed by atoms with van der Waals surface area (Å²) in [6.45, 7) is 1.18. The first-order chi connectivity index (χ1) is 8.56. The molecular formula is C12H15BrFN3O. The fourth-order valence-electron chi connectivity index (χ4n) is 1.98. The number of hydrogen-bond donors (Lipinski definition) is 2. The minimum Gasteiger partial charge on any atom is -0.326 e. The quantitative estimate of drug-likeness (QED) is 0.836. The van der Waals surface area contributed by atoms with Crippen molar-refractivity contribution in [1.82, 2.24) is 4.90 Å². The van der Waals surface area contributed by atoms with Crippen LogP contribution < -0.4 is 11.1 Å². The Balaban J connectivity index is 2.02. The number of piperidine rings is 1. The highest BCUT2D eigenvalue weighted by molar-refractivity contribution is 9.10. The molecule has 1 saturated heterocycles. The van der Waals surface area contributed by atoms with Crippen LogP contribution in [0, 0.1) is 5.82 Å². The van der Waals surface area contributed by atoms with E-state index in [1.165, 1.54) is 12.1 Å². The second-order valence-corrected chi connectivity index (χ2v) is 5.32. The summed E-state index contributed by atoms with van der Waals surface area (Å²) < 4.78 is 14.2. The highest BCUT2D eigenvalue weighted by Crippen LogP contribution is 2.20. The van der Waals surface area contributed by atoms with Crippen molar-refractivity contribution in [3.63, 3.8) is 0 Å². The van der Waals surface area contributed by atoms with Crippen LogP contribution in [0.15, 0.2) is 22.7 Å². The number of urea groups is 1. The van der Waals surface area contributed by atoms with Gasteiger partial charge in [-0.25, -0.2) is 9.18 Å². The summed E-state index contributed by atoms with van der Waals surface area (Å²) in [5, 5.41) is 2.56. The fourth-order valence-corrected chi connectivity index (χ4v) is 2.31. The van der Waals surface area contributed by atoms with Gasteiger partial charge in [0.25, 0.3) is 0 Å². The average Bonchev–Trinajstić information content (AvgIpc) is 2.32. The molecule has 4 nitrogen and oxygen atoms in total. The molecule has 1 aromatic rings. The van der Waals surface area contributed by atoms with E-state index in [-0.39, 0.29) is 17.8 Å². The summed E-state index contributed by atoms with van der Waals surface area (Å²) in [4.78, 5) is 13.6. The van der Waals surface area contributed by atoms with E-state index in [0.29, 0.717) is 17.6 Å². The zero-order valence-electron chi connectivity index (χ0n) is 9.83. The summed E-state index contributed by atoms with van der Waals surface area (Å²) >= 11 is 3.17. The number of hydrogen-bond acceptors (Lipinski definition) is 2. The summed E-state index contributed by atoms with van der Waals surface area (Å²) in [7, 11) is 0. The van der Waals surface area contributed by atoms with Crippen LogP contribution in [0.5, 0.6) is 0 Å². The van der Waals surface area contributed by atoms with Gasteiger partial charge in [0.2, 0.25) is 0 Å². The largest absolute Gasteiger partial charge is 0.326 e. The van der Waals surface area contributed by atoms with E-state index in [1.807, 2.05) is 0 Å². The zero-order valence-corrected chi connectivity index (χ0v) is 11.4. The molecule has 6 heteroatoms. The summed E-state index contributed by atoms with van der Waals surface area (Å²) in [5.74, 6) is -0.459. The lowest BCUT2D eigenvalue weighted by molar-refractivity contribution is 0.193. The molecule has 1 aliphatic rings. The molecule has 2 amide bonds. The van der Waals surface area contributed by atoms with Gasteiger partial charge in [-0.05, 0) is 31.0 Å². The summed E-state index contributed by atoms with van der Waals surface area (Å²) in [5.41, 5.74) is 5.99. The van der Waals surface area contributed by atoms with Gasteiger partial charge >= 0.3 is 6.03 Å². The maximum atomic E-state index is 13.6. The number of carbonyl (C=O) groups is 1. The van der Waals surface area contributed by atoms with Crippen LogP contribution in [-0.2, 0) is 0 Å². The second-order valence-electron chi connectivity index (χ2n) is 4.40. The van der Waals surface area contributed by atoms with E-state index in [0.717, 1.165) is 12.8 Å². The molecule has 98 valence electrons. The van der Waals surface area contributed by atoms with E-state index < -0.39 is 5.82 Å². The zero-order chi connectivity index (χ0) is 13.1. The standard InChI is InChI=1S/C12H15BrFN3O/c13-8-3-4-11(10(14)6-8)16-12(18)17-5-1-2-9(15)7-17/h3-4,6,9H,1-2,5,7,15H2,(H,16,18)/t9-/m1/s1. The van der Waals surface area contributed by atoms with Gasteiger partial charge in [0.15, 0.2) is 0 Å². The van der Waals surface area contributed by atoms with Crippen molar-refractivity contribution >= 4 is 27.6 Å². The number of anilines is 1. The van der Waals surface area contributed by atoms with Crippen LogP contribution >= 0.6 is 15.9 Å². The molecular weight excluding hydrogens is 301 g/mol. The predicted octanol–water partition coefficient (Wildman–Crippen LogP) is 2.54. The third kappa shape index (κ3) is 3.20. The molecule has 1 aliphatic heterocycles. The summed E-state index contributed by atoms with van der Waals surface area (Å²) in [6, 6.07) is 4.24. The van der Waals surface area contributed by atoms with Crippen LogP contribution in [0.2, 0.25) is 0 Å². The Morgan fingerprint density at radius 1 is 1.56 bits per heavy atom. The molecule has 0 unspecified atom stereocenters. The lowest BCUT2D eigenvalue weighted by atomic mass is 10.1. The Hall–Kier alpha value is -1.14. The topological polar surface area (TPSA) is 58.4 Å². The number of likely N-dealkylation sites (tertiary alicyclic amines) is 1. The van der Waals surface area contributed by atoms with Crippen LogP contribution in [0.3, 0.4) is 0 Å². The number of rotatable bonds is 1. The van der Waals surface area contributed by atoms with Crippen LogP contribution in [0.1, 0.15) is 12.8 Å². The maximum absolute atomic E-state index is 13.6. The number of halogens is 2. The maximum Gasteiger partial charge on any atom is 0.321 e. The second kappa shape index (κ2) is 5.67. The van der Waals surface area contributed by atoms with Gasteiger partial charge in [0, 0.05) is 23.6 Å². The van der Waals surface area contributed by atoms with Crippen molar-refractivity contribution < 1.29 is 9.18 Å². The molecule has 18 heavy (non-hydrogen) atoms.